The number of hydrogen-bond acceptors (Lipinski definition) is 3. The summed E-state index contributed by atoms with van der Waals surface area (Å²) in [5.74, 6) is 1.05. The number of aliphatic imine (C=N–C) groups is 1. The first-order chi connectivity index (χ1) is 11.1. The summed E-state index contributed by atoms with van der Waals surface area (Å²) in [4.78, 5) is 4.33. The van der Waals surface area contributed by atoms with Gasteiger partial charge >= 0.3 is 0 Å². The summed E-state index contributed by atoms with van der Waals surface area (Å²) in [6, 6.07) is 15.0. The monoisotopic (exact) mass is 333 g/mol. The van der Waals surface area contributed by atoms with Gasteiger partial charge < -0.3 is 20.5 Å². The second-order valence-electron chi connectivity index (χ2n) is 4.86. The number of nitrogens with two attached hydrogens (primary N) is 1. The third-order valence-electron chi connectivity index (χ3n) is 3.27. The van der Waals surface area contributed by atoms with Crippen LogP contribution in [0.15, 0.2) is 53.5 Å². The van der Waals surface area contributed by atoms with Crippen LogP contribution in [0.4, 0.5) is 5.69 Å². The van der Waals surface area contributed by atoms with Crippen molar-refractivity contribution in [2.24, 2.45) is 10.7 Å². The highest BCUT2D eigenvalue weighted by molar-refractivity contribution is 6.30. The van der Waals surface area contributed by atoms with Crippen molar-refractivity contribution in [1.82, 2.24) is 0 Å². The Morgan fingerprint density at radius 2 is 2.00 bits per heavy atom. The van der Waals surface area contributed by atoms with Gasteiger partial charge in [0.05, 0.1) is 13.7 Å². The van der Waals surface area contributed by atoms with Gasteiger partial charge in [-0.1, -0.05) is 29.8 Å². The van der Waals surface area contributed by atoms with Gasteiger partial charge in [-0.3, -0.25) is 4.99 Å². The number of benzene rings is 2. The average Bonchev–Trinajstić information content (AvgIpc) is 2.55. The molecule has 0 saturated heterocycles. The number of ether oxygens (including phenoxy) is 2. The maximum Gasteiger partial charge on any atom is 0.193 e. The van der Waals surface area contributed by atoms with Crippen molar-refractivity contribution in [3.8, 4) is 5.75 Å². The quantitative estimate of drug-likeness (QED) is 0.627. The minimum Gasteiger partial charge on any atom is -0.497 e. The van der Waals surface area contributed by atoms with E-state index in [-0.39, 0.29) is 6.10 Å². The van der Waals surface area contributed by atoms with E-state index >= 15 is 0 Å². The van der Waals surface area contributed by atoms with E-state index in [4.69, 9.17) is 26.8 Å². The lowest BCUT2D eigenvalue weighted by atomic mass is 10.1. The van der Waals surface area contributed by atoms with Crippen LogP contribution in [0.3, 0.4) is 0 Å². The van der Waals surface area contributed by atoms with Gasteiger partial charge in [0, 0.05) is 23.9 Å². The third-order valence-corrected chi connectivity index (χ3v) is 3.51. The van der Waals surface area contributed by atoms with E-state index in [0.717, 1.165) is 17.0 Å². The molecule has 2 rings (SSSR count). The number of methoxy groups -OCH3 is 2. The van der Waals surface area contributed by atoms with Crippen molar-refractivity contribution in [2.45, 2.75) is 6.10 Å². The minimum absolute atomic E-state index is 0.209. The second-order valence-corrected chi connectivity index (χ2v) is 5.30. The molecule has 0 radical (unpaired) electrons. The fraction of sp³-hybridized carbons (Fsp3) is 0.235. The lowest BCUT2D eigenvalue weighted by molar-refractivity contribution is 0.111. The number of nitrogens with one attached hydrogen (secondary N) is 1. The van der Waals surface area contributed by atoms with Crippen LogP contribution in [0.25, 0.3) is 0 Å². The lowest BCUT2D eigenvalue weighted by Crippen LogP contribution is -2.23. The SMILES string of the molecule is COc1cccc(NC(N)=NCC(OC)c2cccc(Cl)c2)c1. The van der Waals surface area contributed by atoms with Crippen molar-refractivity contribution in [3.05, 3.63) is 59.1 Å². The summed E-state index contributed by atoms with van der Waals surface area (Å²) in [5, 5.41) is 3.69. The molecular weight excluding hydrogens is 314 g/mol. The van der Waals surface area contributed by atoms with E-state index in [2.05, 4.69) is 10.3 Å². The number of nitrogens with zero attached hydrogens (tertiary/aromatic N) is 1. The van der Waals surface area contributed by atoms with Gasteiger partial charge in [0.25, 0.3) is 0 Å². The molecule has 0 aliphatic carbocycles. The van der Waals surface area contributed by atoms with Crippen LogP contribution in [0.2, 0.25) is 5.02 Å². The Bertz CT molecular complexity index is 676. The predicted molar refractivity (Wildman–Crippen MR) is 94.3 cm³/mol. The molecule has 0 amide bonds. The Labute approximate surface area is 141 Å². The molecule has 5 nitrogen and oxygen atoms in total. The summed E-state index contributed by atoms with van der Waals surface area (Å²) in [7, 11) is 3.25. The van der Waals surface area contributed by atoms with E-state index in [1.807, 2.05) is 48.5 Å². The van der Waals surface area contributed by atoms with Gasteiger partial charge in [0.2, 0.25) is 0 Å². The van der Waals surface area contributed by atoms with Crippen molar-refractivity contribution < 1.29 is 9.47 Å². The summed E-state index contributed by atoms with van der Waals surface area (Å²) in [5.41, 5.74) is 7.69. The van der Waals surface area contributed by atoms with Crippen LogP contribution < -0.4 is 15.8 Å². The zero-order valence-corrected chi connectivity index (χ0v) is 13.9. The largest absolute Gasteiger partial charge is 0.497 e. The molecule has 0 spiro atoms. The van der Waals surface area contributed by atoms with Gasteiger partial charge in [-0.25, -0.2) is 0 Å². The van der Waals surface area contributed by atoms with E-state index in [1.165, 1.54) is 0 Å². The highest BCUT2D eigenvalue weighted by Crippen LogP contribution is 2.21. The van der Waals surface area contributed by atoms with Crippen LogP contribution in [-0.4, -0.2) is 26.7 Å². The molecule has 122 valence electrons. The van der Waals surface area contributed by atoms with E-state index < -0.39 is 0 Å². The summed E-state index contributed by atoms with van der Waals surface area (Å²) < 4.78 is 10.6. The Morgan fingerprint density at radius 1 is 1.22 bits per heavy atom. The molecule has 0 fully saturated rings. The first kappa shape index (κ1) is 17.1. The number of halogens is 1. The maximum absolute atomic E-state index is 6.00. The molecule has 1 unspecified atom stereocenters. The van der Waals surface area contributed by atoms with Gasteiger partial charge in [-0.15, -0.1) is 0 Å². The minimum atomic E-state index is -0.209. The number of hydrogen-bond donors (Lipinski definition) is 2. The zero-order valence-electron chi connectivity index (χ0n) is 13.1. The Hall–Kier alpha value is -2.24. The highest BCUT2D eigenvalue weighted by atomic mass is 35.5. The topological polar surface area (TPSA) is 68.9 Å². The summed E-state index contributed by atoms with van der Waals surface area (Å²) >= 11 is 6.00. The zero-order chi connectivity index (χ0) is 16.7. The van der Waals surface area contributed by atoms with Crippen molar-refractivity contribution in [2.75, 3.05) is 26.1 Å². The van der Waals surface area contributed by atoms with Crippen LogP contribution in [0.1, 0.15) is 11.7 Å². The van der Waals surface area contributed by atoms with Crippen LogP contribution in [0, 0.1) is 0 Å². The second kappa shape index (κ2) is 8.41. The van der Waals surface area contributed by atoms with Crippen molar-refractivity contribution in [1.29, 1.82) is 0 Å². The summed E-state index contributed by atoms with van der Waals surface area (Å²) in [6.07, 6.45) is -0.209. The molecule has 0 aromatic heterocycles. The van der Waals surface area contributed by atoms with Gasteiger partial charge in [-0.2, -0.15) is 0 Å². The molecule has 0 heterocycles. The molecule has 0 aliphatic heterocycles. The molecule has 0 saturated carbocycles. The number of rotatable bonds is 6. The summed E-state index contributed by atoms with van der Waals surface area (Å²) in [6.45, 7) is 0.389. The molecule has 3 N–H and O–H groups in total. The normalized spacial score (nSPS) is 12.7. The predicted octanol–water partition coefficient (Wildman–Crippen LogP) is 3.46. The first-order valence-electron chi connectivity index (χ1n) is 7.11. The van der Waals surface area contributed by atoms with Gasteiger partial charge in [0.1, 0.15) is 11.9 Å². The molecule has 6 heteroatoms. The molecule has 0 aliphatic rings. The highest BCUT2D eigenvalue weighted by Gasteiger charge is 2.10. The molecule has 2 aromatic carbocycles. The lowest BCUT2D eigenvalue weighted by Gasteiger charge is -2.14. The number of anilines is 1. The Kier molecular flexibility index (Phi) is 6.26. The molecule has 0 bridgehead atoms. The molecular formula is C17H20ClN3O2. The number of guanidine groups is 1. The first-order valence-corrected chi connectivity index (χ1v) is 7.49. The molecule has 23 heavy (non-hydrogen) atoms. The van der Waals surface area contributed by atoms with Crippen LogP contribution in [0.5, 0.6) is 5.75 Å². The third kappa shape index (κ3) is 5.16. The van der Waals surface area contributed by atoms with Crippen molar-refractivity contribution >= 4 is 23.2 Å². The smallest absolute Gasteiger partial charge is 0.193 e. The van der Waals surface area contributed by atoms with E-state index in [0.29, 0.717) is 17.5 Å². The Morgan fingerprint density at radius 3 is 2.70 bits per heavy atom. The average molecular weight is 334 g/mol. The maximum atomic E-state index is 6.00. The fourth-order valence-electron chi connectivity index (χ4n) is 2.09. The Balaban J connectivity index is 2.02. The molecule has 1 atom stereocenters. The molecule has 2 aromatic rings. The van der Waals surface area contributed by atoms with Crippen LogP contribution >= 0.6 is 11.6 Å². The van der Waals surface area contributed by atoms with Gasteiger partial charge in [-0.05, 0) is 29.8 Å². The van der Waals surface area contributed by atoms with Gasteiger partial charge in [0.15, 0.2) is 5.96 Å². The van der Waals surface area contributed by atoms with Crippen molar-refractivity contribution in [3.63, 3.8) is 0 Å². The van der Waals surface area contributed by atoms with E-state index in [1.54, 1.807) is 14.2 Å². The standard InChI is InChI=1S/C17H20ClN3O2/c1-22-15-8-4-7-14(10-15)21-17(19)20-11-16(23-2)12-5-3-6-13(18)9-12/h3-10,16H,11H2,1-2H3,(H3,19,20,21). The van der Waals surface area contributed by atoms with Crippen LogP contribution in [-0.2, 0) is 4.74 Å². The fourth-order valence-corrected chi connectivity index (χ4v) is 2.29. The van der Waals surface area contributed by atoms with E-state index in [9.17, 15) is 0 Å².